The Hall–Kier alpha value is -3.02. The zero-order valence-corrected chi connectivity index (χ0v) is 15.6. The van der Waals surface area contributed by atoms with E-state index in [1.807, 2.05) is 35.2 Å². The van der Waals surface area contributed by atoms with Gasteiger partial charge in [-0.1, -0.05) is 47.6 Å². The van der Waals surface area contributed by atoms with Gasteiger partial charge in [-0.2, -0.15) is 4.98 Å². The van der Waals surface area contributed by atoms with Gasteiger partial charge in [-0.15, -0.1) is 0 Å². The molecule has 0 spiro atoms. The summed E-state index contributed by atoms with van der Waals surface area (Å²) < 4.78 is 18.4. The quantitative estimate of drug-likeness (QED) is 0.582. The highest BCUT2D eigenvalue weighted by Crippen LogP contribution is 2.29. The van der Waals surface area contributed by atoms with Crippen molar-refractivity contribution in [1.29, 1.82) is 0 Å². The number of halogens is 1. The first-order valence-corrected chi connectivity index (χ1v) is 9.61. The molecule has 1 saturated carbocycles. The summed E-state index contributed by atoms with van der Waals surface area (Å²) in [6.45, 7) is 0.530. The van der Waals surface area contributed by atoms with Crippen molar-refractivity contribution in [2.24, 2.45) is 0 Å². The van der Waals surface area contributed by atoms with E-state index in [4.69, 9.17) is 4.52 Å². The van der Waals surface area contributed by atoms with Crippen molar-refractivity contribution in [2.75, 3.05) is 0 Å². The highest BCUT2D eigenvalue weighted by Gasteiger charge is 2.32. The number of hydrogen-bond donors (Lipinski definition) is 0. The van der Waals surface area contributed by atoms with Crippen LogP contribution < -0.4 is 0 Å². The fourth-order valence-corrected chi connectivity index (χ4v) is 3.19. The van der Waals surface area contributed by atoms with E-state index >= 15 is 0 Å². The Balaban J connectivity index is 1.30. The minimum atomic E-state index is -0.262. The molecule has 3 aromatic rings. The molecular formula is C22H22FN3O2. The van der Waals surface area contributed by atoms with Gasteiger partial charge in [-0.05, 0) is 37.0 Å². The summed E-state index contributed by atoms with van der Waals surface area (Å²) in [5.74, 6) is 0.970. The van der Waals surface area contributed by atoms with E-state index in [2.05, 4.69) is 10.1 Å². The third-order valence-corrected chi connectivity index (χ3v) is 4.86. The number of aryl methyl sites for hydroxylation is 1. The van der Waals surface area contributed by atoms with Gasteiger partial charge in [0.05, 0.1) is 0 Å². The van der Waals surface area contributed by atoms with E-state index in [1.54, 1.807) is 12.1 Å². The summed E-state index contributed by atoms with van der Waals surface area (Å²) in [7, 11) is 0. The third-order valence-electron chi connectivity index (χ3n) is 4.86. The molecular weight excluding hydrogens is 357 g/mol. The van der Waals surface area contributed by atoms with Crippen LogP contribution >= 0.6 is 0 Å². The molecule has 1 aliphatic carbocycles. The van der Waals surface area contributed by atoms with Crippen molar-refractivity contribution in [3.63, 3.8) is 0 Å². The molecule has 0 saturated heterocycles. The van der Waals surface area contributed by atoms with Gasteiger partial charge in [-0.25, -0.2) is 4.39 Å². The van der Waals surface area contributed by atoms with Crippen LogP contribution in [0.2, 0.25) is 0 Å². The van der Waals surface area contributed by atoms with E-state index in [0.29, 0.717) is 43.6 Å². The first-order valence-electron chi connectivity index (χ1n) is 9.61. The van der Waals surface area contributed by atoms with Gasteiger partial charge < -0.3 is 9.42 Å². The molecule has 1 heterocycles. The van der Waals surface area contributed by atoms with Crippen LogP contribution in [0.15, 0.2) is 59.1 Å². The lowest BCUT2D eigenvalue weighted by Gasteiger charge is -2.22. The summed E-state index contributed by atoms with van der Waals surface area (Å²) >= 11 is 0. The third kappa shape index (κ3) is 4.63. The molecule has 1 aromatic heterocycles. The Bertz CT molecular complexity index is 920. The number of benzene rings is 2. The molecule has 0 atom stereocenters. The standard InChI is InChI=1S/C22H22FN3O2/c23-18-11-9-16(10-12-18)15-26(19-13-14-19)21(27)8-4-7-20-24-22(25-28-20)17-5-2-1-3-6-17/h1-3,5-6,9-12,19H,4,7-8,13-15H2. The summed E-state index contributed by atoms with van der Waals surface area (Å²) in [4.78, 5) is 19.0. The van der Waals surface area contributed by atoms with Crippen molar-refractivity contribution in [3.8, 4) is 11.4 Å². The lowest BCUT2D eigenvalue weighted by atomic mass is 10.1. The molecule has 5 nitrogen and oxygen atoms in total. The number of nitrogens with zero attached hydrogens (tertiary/aromatic N) is 3. The van der Waals surface area contributed by atoms with Crippen LogP contribution in [0.3, 0.4) is 0 Å². The molecule has 0 aliphatic heterocycles. The average Bonchev–Trinajstić information content (AvgIpc) is 3.45. The number of hydrogen-bond acceptors (Lipinski definition) is 4. The van der Waals surface area contributed by atoms with Gasteiger partial charge in [0, 0.05) is 31.0 Å². The molecule has 1 amide bonds. The van der Waals surface area contributed by atoms with Crippen LogP contribution in [0, 0.1) is 5.82 Å². The Kier molecular flexibility index (Phi) is 5.46. The van der Waals surface area contributed by atoms with Crippen molar-refractivity contribution < 1.29 is 13.7 Å². The number of aromatic nitrogens is 2. The second-order valence-corrected chi connectivity index (χ2v) is 7.11. The van der Waals surface area contributed by atoms with E-state index in [9.17, 15) is 9.18 Å². The number of carbonyl (C=O) groups excluding carboxylic acids is 1. The highest BCUT2D eigenvalue weighted by molar-refractivity contribution is 5.76. The second kappa shape index (κ2) is 8.33. The van der Waals surface area contributed by atoms with Crippen molar-refractivity contribution in [1.82, 2.24) is 15.0 Å². The number of rotatable bonds is 8. The zero-order valence-electron chi connectivity index (χ0n) is 15.6. The van der Waals surface area contributed by atoms with Crippen LogP contribution in [0.4, 0.5) is 4.39 Å². The monoisotopic (exact) mass is 379 g/mol. The van der Waals surface area contributed by atoms with E-state index in [0.717, 1.165) is 24.0 Å². The average molecular weight is 379 g/mol. The summed E-state index contributed by atoms with van der Waals surface area (Å²) in [5, 5.41) is 4.01. The molecule has 1 aliphatic rings. The largest absolute Gasteiger partial charge is 0.339 e. The molecule has 0 radical (unpaired) electrons. The Morgan fingerprint density at radius 2 is 1.86 bits per heavy atom. The minimum Gasteiger partial charge on any atom is -0.339 e. The Morgan fingerprint density at radius 3 is 2.57 bits per heavy atom. The lowest BCUT2D eigenvalue weighted by molar-refractivity contribution is -0.132. The fourth-order valence-electron chi connectivity index (χ4n) is 3.19. The van der Waals surface area contributed by atoms with E-state index in [-0.39, 0.29) is 11.7 Å². The van der Waals surface area contributed by atoms with Crippen LogP contribution in [0.5, 0.6) is 0 Å². The molecule has 1 fully saturated rings. The normalized spacial score (nSPS) is 13.5. The van der Waals surface area contributed by atoms with Crippen LogP contribution in [0.25, 0.3) is 11.4 Å². The predicted octanol–water partition coefficient (Wildman–Crippen LogP) is 4.39. The second-order valence-electron chi connectivity index (χ2n) is 7.11. The molecule has 0 N–H and O–H groups in total. The summed E-state index contributed by atoms with van der Waals surface area (Å²) in [5.41, 5.74) is 1.86. The van der Waals surface area contributed by atoms with Crippen molar-refractivity contribution >= 4 is 5.91 Å². The summed E-state index contributed by atoms with van der Waals surface area (Å²) in [6, 6.07) is 16.3. The maximum Gasteiger partial charge on any atom is 0.226 e. The van der Waals surface area contributed by atoms with Gasteiger partial charge in [0.25, 0.3) is 0 Å². The topological polar surface area (TPSA) is 59.2 Å². The van der Waals surface area contributed by atoms with Gasteiger partial charge in [0.15, 0.2) is 0 Å². The zero-order chi connectivity index (χ0) is 19.3. The van der Waals surface area contributed by atoms with Crippen molar-refractivity contribution in [2.45, 2.75) is 44.7 Å². The molecule has 28 heavy (non-hydrogen) atoms. The van der Waals surface area contributed by atoms with Crippen LogP contribution in [0.1, 0.15) is 37.1 Å². The molecule has 144 valence electrons. The first kappa shape index (κ1) is 18.3. The molecule has 0 unspecified atom stereocenters. The van der Waals surface area contributed by atoms with E-state index in [1.165, 1.54) is 12.1 Å². The number of carbonyl (C=O) groups is 1. The van der Waals surface area contributed by atoms with Crippen molar-refractivity contribution in [3.05, 3.63) is 71.9 Å². The predicted molar refractivity (Wildman–Crippen MR) is 103 cm³/mol. The fraction of sp³-hybridized carbons (Fsp3) is 0.318. The molecule has 0 bridgehead atoms. The maximum atomic E-state index is 13.1. The number of amides is 1. The Labute approximate surface area is 163 Å². The van der Waals surface area contributed by atoms with Gasteiger partial charge in [0.2, 0.25) is 17.6 Å². The minimum absolute atomic E-state index is 0.120. The van der Waals surface area contributed by atoms with Gasteiger partial charge in [0.1, 0.15) is 5.82 Å². The van der Waals surface area contributed by atoms with Gasteiger partial charge in [-0.3, -0.25) is 4.79 Å². The van der Waals surface area contributed by atoms with Crippen LogP contribution in [-0.4, -0.2) is 27.0 Å². The Morgan fingerprint density at radius 1 is 1.11 bits per heavy atom. The first-order chi connectivity index (χ1) is 13.7. The molecule has 6 heteroatoms. The smallest absolute Gasteiger partial charge is 0.226 e. The van der Waals surface area contributed by atoms with Gasteiger partial charge >= 0.3 is 0 Å². The SMILES string of the molecule is O=C(CCCc1nc(-c2ccccc2)no1)N(Cc1ccc(F)cc1)C1CC1. The lowest BCUT2D eigenvalue weighted by Crippen LogP contribution is -2.32. The summed E-state index contributed by atoms with van der Waals surface area (Å²) in [6.07, 6.45) is 3.73. The maximum absolute atomic E-state index is 13.1. The van der Waals surface area contributed by atoms with Crippen LogP contribution in [-0.2, 0) is 17.8 Å². The molecule has 2 aromatic carbocycles. The highest BCUT2D eigenvalue weighted by atomic mass is 19.1. The van der Waals surface area contributed by atoms with E-state index < -0.39 is 0 Å². The molecule has 4 rings (SSSR count).